The van der Waals surface area contributed by atoms with E-state index in [1.54, 1.807) is 6.92 Å². The number of carbonyl (C=O) groups excluding carboxylic acids is 1. The first kappa shape index (κ1) is 14.2. The molecule has 0 spiro atoms. The molecule has 0 aliphatic carbocycles. The highest BCUT2D eigenvalue weighted by atomic mass is 79.9. The average molecular weight is 298 g/mol. The third-order valence-corrected chi connectivity index (χ3v) is 3.53. The molecule has 0 saturated heterocycles. The Balaban J connectivity index is 3.02. The molecule has 0 bridgehead atoms. The van der Waals surface area contributed by atoms with Crippen LogP contribution in [0, 0.1) is 5.92 Å². The van der Waals surface area contributed by atoms with Crippen LogP contribution in [0.2, 0.25) is 0 Å². The van der Waals surface area contributed by atoms with Crippen molar-refractivity contribution in [1.29, 1.82) is 0 Å². The van der Waals surface area contributed by atoms with E-state index in [9.17, 15) is 4.79 Å². The maximum Gasteiger partial charge on any atom is 0.161 e. The Morgan fingerprint density at radius 1 is 1.47 bits per heavy atom. The fraction of sp³-hybridized carbons (Fsp3) is 0.500. The van der Waals surface area contributed by atoms with Gasteiger partial charge in [-0.15, -0.1) is 0 Å². The number of benzene rings is 1. The van der Waals surface area contributed by atoms with Crippen LogP contribution in [0.15, 0.2) is 22.7 Å². The Labute approximate surface area is 112 Å². The Hall–Kier alpha value is -0.830. The maximum absolute atomic E-state index is 11.6. The third-order valence-electron chi connectivity index (χ3n) is 3.03. The minimum atomic E-state index is 0.114. The molecule has 2 nitrogen and oxygen atoms in total. The van der Waals surface area contributed by atoms with Gasteiger partial charge in [0, 0.05) is 29.3 Å². The lowest BCUT2D eigenvalue weighted by Gasteiger charge is -2.25. The van der Waals surface area contributed by atoms with Crippen LogP contribution in [0.1, 0.15) is 37.6 Å². The molecule has 0 aliphatic rings. The second-order valence-corrected chi connectivity index (χ2v) is 5.53. The van der Waals surface area contributed by atoms with Gasteiger partial charge in [-0.05, 0) is 31.0 Å². The molecule has 1 unspecified atom stereocenters. The van der Waals surface area contributed by atoms with Crippen LogP contribution in [0.5, 0.6) is 0 Å². The maximum atomic E-state index is 11.6. The van der Waals surface area contributed by atoms with E-state index >= 15 is 0 Å². The van der Waals surface area contributed by atoms with Gasteiger partial charge in [0.05, 0.1) is 0 Å². The Morgan fingerprint density at radius 3 is 2.65 bits per heavy atom. The first-order valence-electron chi connectivity index (χ1n) is 5.97. The molecule has 0 N–H and O–H groups in total. The molecule has 1 atom stereocenters. The number of Topliss-reactive ketones (excluding diaryl/α,β-unsaturated/α-hetero) is 1. The Kier molecular flexibility index (Phi) is 5.19. The van der Waals surface area contributed by atoms with Crippen molar-refractivity contribution >= 4 is 27.4 Å². The first-order chi connectivity index (χ1) is 7.95. The van der Waals surface area contributed by atoms with Crippen molar-refractivity contribution in [2.75, 3.05) is 18.5 Å². The van der Waals surface area contributed by atoms with Crippen molar-refractivity contribution in [3.63, 3.8) is 0 Å². The zero-order chi connectivity index (χ0) is 13.0. The van der Waals surface area contributed by atoms with Gasteiger partial charge in [-0.3, -0.25) is 4.79 Å². The summed E-state index contributed by atoms with van der Waals surface area (Å²) in [6, 6.07) is 5.81. The van der Waals surface area contributed by atoms with E-state index in [2.05, 4.69) is 34.7 Å². The summed E-state index contributed by atoms with van der Waals surface area (Å²) in [5.74, 6) is 0.738. The molecule has 0 saturated carbocycles. The normalized spacial score (nSPS) is 12.3. The summed E-state index contributed by atoms with van der Waals surface area (Å²) in [5.41, 5.74) is 1.80. The van der Waals surface area contributed by atoms with Gasteiger partial charge >= 0.3 is 0 Å². The van der Waals surface area contributed by atoms with E-state index in [4.69, 9.17) is 0 Å². The molecule has 0 amide bonds. The molecule has 3 heteroatoms. The Morgan fingerprint density at radius 2 is 2.12 bits per heavy atom. The van der Waals surface area contributed by atoms with E-state index in [0.717, 1.165) is 28.7 Å². The molecule has 1 aromatic rings. The number of rotatable bonds is 5. The van der Waals surface area contributed by atoms with Crippen molar-refractivity contribution in [2.24, 2.45) is 5.92 Å². The van der Waals surface area contributed by atoms with Crippen LogP contribution in [-0.2, 0) is 0 Å². The highest BCUT2D eigenvalue weighted by molar-refractivity contribution is 9.10. The highest BCUT2D eigenvalue weighted by Crippen LogP contribution is 2.25. The molecule has 0 heterocycles. The lowest BCUT2D eigenvalue weighted by molar-refractivity contribution is 0.101. The summed E-state index contributed by atoms with van der Waals surface area (Å²) < 4.78 is 1.01. The van der Waals surface area contributed by atoms with Crippen molar-refractivity contribution in [2.45, 2.75) is 27.2 Å². The number of ketones is 1. The topological polar surface area (TPSA) is 20.3 Å². The van der Waals surface area contributed by atoms with Gasteiger partial charge in [-0.1, -0.05) is 36.2 Å². The van der Waals surface area contributed by atoms with Crippen LogP contribution in [0.4, 0.5) is 5.69 Å². The van der Waals surface area contributed by atoms with Crippen molar-refractivity contribution in [3.8, 4) is 0 Å². The summed E-state index contributed by atoms with van der Waals surface area (Å²) >= 11 is 3.46. The van der Waals surface area contributed by atoms with E-state index < -0.39 is 0 Å². The second kappa shape index (κ2) is 6.20. The Bertz CT molecular complexity index is 403. The van der Waals surface area contributed by atoms with Crippen molar-refractivity contribution in [1.82, 2.24) is 0 Å². The highest BCUT2D eigenvalue weighted by Gasteiger charge is 2.13. The predicted octanol–water partition coefficient (Wildman–Crippen LogP) is 4.13. The summed E-state index contributed by atoms with van der Waals surface area (Å²) in [6.07, 6.45) is 1.15. The first-order valence-corrected chi connectivity index (χ1v) is 6.76. The van der Waals surface area contributed by atoms with Gasteiger partial charge < -0.3 is 4.90 Å². The standard InChI is InChI=1S/C14H20BrNO/c1-5-10(2)9-16(4)14-8-12(15)6-7-13(14)11(3)17/h6-8,10H,5,9H2,1-4H3. The molecule has 1 aromatic carbocycles. The molecule has 0 aromatic heterocycles. The van der Waals surface area contributed by atoms with Crippen molar-refractivity contribution < 1.29 is 4.79 Å². The molecule has 0 aliphatic heterocycles. The van der Waals surface area contributed by atoms with Gasteiger partial charge in [-0.25, -0.2) is 0 Å². The molecular weight excluding hydrogens is 278 g/mol. The second-order valence-electron chi connectivity index (χ2n) is 4.61. The number of nitrogens with zero attached hydrogens (tertiary/aromatic N) is 1. The van der Waals surface area contributed by atoms with E-state index in [0.29, 0.717) is 5.92 Å². The summed E-state index contributed by atoms with van der Waals surface area (Å²) in [5, 5.41) is 0. The van der Waals surface area contributed by atoms with Crippen molar-refractivity contribution in [3.05, 3.63) is 28.2 Å². The van der Waals surface area contributed by atoms with Gasteiger partial charge in [0.2, 0.25) is 0 Å². The SMILES string of the molecule is CCC(C)CN(C)c1cc(Br)ccc1C(C)=O. The quantitative estimate of drug-likeness (QED) is 0.762. The number of carbonyl (C=O) groups is 1. The fourth-order valence-electron chi connectivity index (χ4n) is 1.81. The van der Waals surface area contributed by atoms with E-state index in [1.807, 2.05) is 25.2 Å². The molecule has 94 valence electrons. The molecular formula is C14H20BrNO. The van der Waals surface area contributed by atoms with Gasteiger partial charge in [0.25, 0.3) is 0 Å². The minimum absolute atomic E-state index is 0.114. The van der Waals surface area contributed by atoms with Crippen LogP contribution in [-0.4, -0.2) is 19.4 Å². The molecule has 0 radical (unpaired) electrons. The monoisotopic (exact) mass is 297 g/mol. The lowest BCUT2D eigenvalue weighted by atomic mass is 10.1. The number of anilines is 1. The third kappa shape index (κ3) is 3.84. The summed E-state index contributed by atoms with van der Waals surface area (Å²) in [7, 11) is 2.04. The predicted molar refractivity (Wildman–Crippen MR) is 76.9 cm³/mol. The molecule has 17 heavy (non-hydrogen) atoms. The lowest BCUT2D eigenvalue weighted by Crippen LogP contribution is -2.25. The van der Waals surface area contributed by atoms with Crippen LogP contribution < -0.4 is 4.90 Å². The smallest absolute Gasteiger partial charge is 0.161 e. The number of halogens is 1. The average Bonchev–Trinajstić information content (AvgIpc) is 2.28. The zero-order valence-electron chi connectivity index (χ0n) is 11.0. The summed E-state index contributed by atoms with van der Waals surface area (Å²) in [4.78, 5) is 13.8. The minimum Gasteiger partial charge on any atom is -0.374 e. The van der Waals surface area contributed by atoms with Crippen LogP contribution in [0.3, 0.4) is 0 Å². The number of hydrogen-bond acceptors (Lipinski definition) is 2. The fourth-order valence-corrected chi connectivity index (χ4v) is 2.16. The van der Waals surface area contributed by atoms with E-state index in [-0.39, 0.29) is 5.78 Å². The van der Waals surface area contributed by atoms with Gasteiger partial charge in [0.15, 0.2) is 5.78 Å². The zero-order valence-corrected chi connectivity index (χ0v) is 12.5. The molecule has 0 fully saturated rings. The van der Waals surface area contributed by atoms with Crippen LogP contribution >= 0.6 is 15.9 Å². The summed E-state index contributed by atoms with van der Waals surface area (Å²) in [6.45, 7) is 6.99. The molecule has 1 rings (SSSR count). The number of hydrogen-bond donors (Lipinski definition) is 0. The van der Waals surface area contributed by atoms with E-state index in [1.165, 1.54) is 0 Å². The van der Waals surface area contributed by atoms with Gasteiger partial charge in [-0.2, -0.15) is 0 Å². The van der Waals surface area contributed by atoms with Crippen LogP contribution in [0.25, 0.3) is 0 Å². The largest absolute Gasteiger partial charge is 0.374 e. The van der Waals surface area contributed by atoms with Gasteiger partial charge in [0.1, 0.15) is 0 Å².